The van der Waals surface area contributed by atoms with Crippen molar-refractivity contribution < 1.29 is 4.42 Å². The SMILES string of the molecule is CC(C)Cc1coc2cccc(-c3ccnc(-c4cc(C(C)(C)C)c5ccccc5c4)c3)c12. The van der Waals surface area contributed by atoms with E-state index in [1.807, 2.05) is 12.5 Å². The van der Waals surface area contributed by atoms with Gasteiger partial charge in [0.2, 0.25) is 0 Å². The second-order valence-corrected chi connectivity index (χ2v) is 10.5. The molecule has 0 N–H and O–H groups in total. The summed E-state index contributed by atoms with van der Waals surface area (Å²) >= 11 is 0. The molecule has 5 rings (SSSR count). The third-order valence-electron chi connectivity index (χ3n) is 6.34. The summed E-state index contributed by atoms with van der Waals surface area (Å²) in [6.45, 7) is 11.3. The Morgan fingerprint density at radius 1 is 0.879 bits per heavy atom. The van der Waals surface area contributed by atoms with Crippen LogP contribution in [0.25, 0.3) is 44.1 Å². The fraction of sp³-hybridized carbons (Fsp3) is 0.258. The van der Waals surface area contributed by atoms with Gasteiger partial charge in [-0.3, -0.25) is 4.98 Å². The van der Waals surface area contributed by atoms with Crippen LogP contribution in [0.5, 0.6) is 0 Å². The van der Waals surface area contributed by atoms with Crippen molar-refractivity contribution in [2.75, 3.05) is 0 Å². The normalized spacial score (nSPS) is 12.2. The van der Waals surface area contributed by atoms with Gasteiger partial charge in [-0.2, -0.15) is 0 Å². The Kier molecular flexibility index (Phi) is 5.32. The van der Waals surface area contributed by atoms with Crippen LogP contribution in [0.2, 0.25) is 0 Å². The number of hydrogen-bond donors (Lipinski definition) is 0. The largest absolute Gasteiger partial charge is 0.464 e. The van der Waals surface area contributed by atoms with Gasteiger partial charge in [0.05, 0.1) is 12.0 Å². The van der Waals surface area contributed by atoms with Crippen LogP contribution in [0, 0.1) is 5.92 Å². The second kappa shape index (κ2) is 8.19. The van der Waals surface area contributed by atoms with Gasteiger partial charge in [0, 0.05) is 17.1 Å². The van der Waals surface area contributed by atoms with E-state index in [1.54, 1.807) is 0 Å². The molecule has 166 valence electrons. The van der Waals surface area contributed by atoms with Gasteiger partial charge in [-0.1, -0.05) is 71.0 Å². The Morgan fingerprint density at radius 2 is 1.70 bits per heavy atom. The number of hydrogen-bond acceptors (Lipinski definition) is 2. The van der Waals surface area contributed by atoms with E-state index in [4.69, 9.17) is 9.40 Å². The molecule has 2 nitrogen and oxygen atoms in total. The summed E-state index contributed by atoms with van der Waals surface area (Å²) < 4.78 is 5.91. The molecule has 0 spiro atoms. The van der Waals surface area contributed by atoms with Crippen molar-refractivity contribution in [1.29, 1.82) is 0 Å². The Balaban J connectivity index is 1.68. The monoisotopic (exact) mass is 433 g/mol. The van der Waals surface area contributed by atoms with Crippen LogP contribution in [0.4, 0.5) is 0 Å². The standard InChI is InChI=1S/C31H31NO/c1-20(2)15-24-19-33-29-12-8-11-26(30(24)29)22-13-14-32-28(18-22)23-16-21-9-6-7-10-25(21)27(17-23)31(3,4)5/h6-14,16-20H,15H2,1-5H3. The number of nitrogens with zero attached hydrogens (tertiary/aromatic N) is 1. The van der Waals surface area contributed by atoms with Gasteiger partial charge in [-0.05, 0) is 81.1 Å². The molecule has 3 aromatic carbocycles. The topological polar surface area (TPSA) is 26.0 Å². The highest BCUT2D eigenvalue weighted by atomic mass is 16.3. The molecule has 0 unspecified atom stereocenters. The zero-order chi connectivity index (χ0) is 23.2. The van der Waals surface area contributed by atoms with E-state index >= 15 is 0 Å². The molecular formula is C31H31NO. The molecule has 0 radical (unpaired) electrons. The average Bonchev–Trinajstić information content (AvgIpc) is 3.20. The Morgan fingerprint density at radius 3 is 2.48 bits per heavy atom. The molecule has 33 heavy (non-hydrogen) atoms. The highest BCUT2D eigenvalue weighted by molar-refractivity contribution is 5.97. The van der Waals surface area contributed by atoms with Gasteiger partial charge in [-0.15, -0.1) is 0 Å². The summed E-state index contributed by atoms with van der Waals surface area (Å²) in [5.41, 5.74) is 8.13. The van der Waals surface area contributed by atoms with Crippen LogP contribution >= 0.6 is 0 Å². The second-order valence-electron chi connectivity index (χ2n) is 10.5. The minimum absolute atomic E-state index is 0.0430. The molecule has 0 fully saturated rings. The zero-order valence-corrected chi connectivity index (χ0v) is 20.1. The first-order valence-corrected chi connectivity index (χ1v) is 11.8. The van der Waals surface area contributed by atoms with E-state index in [0.717, 1.165) is 23.3 Å². The lowest BCUT2D eigenvalue weighted by Crippen LogP contribution is -2.12. The third-order valence-corrected chi connectivity index (χ3v) is 6.34. The molecule has 0 aliphatic carbocycles. The van der Waals surface area contributed by atoms with Gasteiger partial charge in [-0.25, -0.2) is 0 Å². The molecule has 0 amide bonds. The van der Waals surface area contributed by atoms with Crippen LogP contribution in [0.3, 0.4) is 0 Å². The Hall–Kier alpha value is -3.39. The molecule has 0 aliphatic rings. The van der Waals surface area contributed by atoms with Gasteiger partial charge in [0.25, 0.3) is 0 Å². The Bertz CT molecular complexity index is 1450. The highest BCUT2D eigenvalue weighted by Gasteiger charge is 2.19. The van der Waals surface area contributed by atoms with Crippen LogP contribution in [-0.2, 0) is 11.8 Å². The maximum atomic E-state index is 5.91. The van der Waals surface area contributed by atoms with Gasteiger partial charge in [0.1, 0.15) is 5.58 Å². The summed E-state index contributed by atoms with van der Waals surface area (Å²) in [6.07, 6.45) is 4.86. The van der Waals surface area contributed by atoms with Crippen LogP contribution in [-0.4, -0.2) is 4.98 Å². The highest BCUT2D eigenvalue weighted by Crippen LogP contribution is 2.37. The Labute approximate surface area is 196 Å². The first kappa shape index (κ1) is 21.5. The summed E-state index contributed by atoms with van der Waals surface area (Å²) in [5.74, 6) is 0.570. The van der Waals surface area contributed by atoms with Crippen LogP contribution < -0.4 is 0 Å². The molecule has 0 atom stereocenters. The lowest BCUT2D eigenvalue weighted by Gasteiger charge is -2.22. The molecule has 0 saturated carbocycles. The fourth-order valence-corrected chi connectivity index (χ4v) is 4.82. The summed E-state index contributed by atoms with van der Waals surface area (Å²) in [4.78, 5) is 4.78. The molecule has 0 bridgehead atoms. The molecule has 2 aromatic heterocycles. The van der Waals surface area contributed by atoms with E-state index in [1.165, 1.54) is 38.4 Å². The smallest absolute Gasteiger partial charge is 0.134 e. The van der Waals surface area contributed by atoms with Crippen molar-refractivity contribution in [3.63, 3.8) is 0 Å². The van der Waals surface area contributed by atoms with Crippen molar-refractivity contribution in [3.05, 3.63) is 90.3 Å². The zero-order valence-electron chi connectivity index (χ0n) is 20.1. The minimum atomic E-state index is 0.0430. The van der Waals surface area contributed by atoms with E-state index in [-0.39, 0.29) is 5.41 Å². The summed E-state index contributed by atoms with van der Waals surface area (Å²) in [7, 11) is 0. The summed E-state index contributed by atoms with van der Waals surface area (Å²) in [5, 5.41) is 3.78. The van der Waals surface area contributed by atoms with Crippen molar-refractivity contribution in [2.45, 2.75) is 46.5 Å². The first-order valence-electron chi connectivity index (χ1n) is 11.8. The number of benzene rings is 3. The maximum absolute atomic E-state index is 5.91. The van der Waals surface area contributed by atoms with Gasteiger partial charge >= 0.3 is 0 Å². The first-order chi connectivity index (χ1) is 15.8. The number of furan rings is 1. The molecule has 0 aliphatic heterocycles. The lowest BCUT2D eigenvalue weighted by atomic mass is 9.82. The van der Waals surface area contributed by atoms with Crippen molar-refractivity contribution in [2.24, 2.45) is 5.92 Å². The molecule has 5 aromatic rings. The number of fused-ring (bicyclic) bond motifs is 2. The lowest BCUT2D eigenvalue weighted by molar-refractivity contribution is 0.594. The van der Waals surface area contributed by atoms with Crippen molar-refractivity contribution in [1.82, 2.24) is 4.98 Å². The van der Waals surface area contributed by atoms with E-state index in [0.29, 0.717) is 5.92 Å². The van der Waals surface area contributed by atoms with Crippen LogP contribution in [0.15, 0.2) is 83.6 Å². The van der Waals surface area contributed by atoms with Crippen molar-refractivity contribution >= 4 is 21.7 Å². The van der Waals surface area contributed by atoms with Gasteiger partial charge < -0.3 is 4.42 Å². The predicted octanol–water partition coefficient (Wildman–Crippen LogP) is 8.81. The predicted molar refractivity (Wildman–Crippen MR) is 140 cm³/mol. The van der Waals surface area contributed by atoms with Gasteiger partial charge in [0.15, 0.2) is 0 Å². The third kappa shape index (κ3) is 4.06. The van der Waals surface area contributed by atoms with Crippen molar-refractivity contribution in [3.8, 4) is 22.4 Å². The maximum Gasteiger partial charge on any atom is 0.134 e. The molecule has 2 heterocycles. The van der Waals surface area contributed by atoms with Crippen LogP contribution in [0.1, 0.15) is 45.7 Å². The number of pyridine rings is 1. The van der Waals surface area contributed by atoms with E-state index in [2.05, 4.69) is 101 Å². The molecule has 0 saturated heterocycles. The fourth-order valence-electron chi connectivity index (χ4n) is 4.82. The molecular weight excluding hydrogens is 402 g/mol. The quantitative estimate of drug-likeness (QED) is 0.283. The average molecular weight is 434 g/mol. The minimum Gasteiger partial charge on any atom is -0.464 e. The van der Waals surface area contributed by atoms with E-state index in [9.17, 15) is 0 Å². The molecule has 2 heteroatoms. The number of rotatable bonds is 4. The number of aromatic nitrogens is 1. The summed E-state index contributed by atoms with van der Waals surface area (Å²) in [6, 6.07) is 23.9. The van der Waals surface area contributed by atoms with E-state index < -0.39 is 0 Å².